The van der Waals surface area contributed by atoms with Crippen molar-refractivity contribution in [2.75, 3.05) is 0 Å². The van der Waals surface area contributed by atoms with Gasteiger partial charge in [-0.05, 0) is 6.92 Å². The van der Waals surface area contributed by atoms with Gasteiger partial charge in [-0.1, -0.05) is 0 Å². The first-order valence-electron chi connectivity index (χ1n) is 3.41. The standard InChI is InChI=1S/C6H12O5/c1-2-3(7)4(8)5(9)6(10)11-2/h2-10H,1H3/t2-,3+,4?,5-,6+/m0/s1. The van der Waals surface area contributed by atoms with Crippen LogP contribution in [0.5, 0.6) is 0 Å². The molecular weight excluding hydrogens is 152 g/mol. The molecule has 1 heterocycles. The first kappa shape index (κ1) is 8.89. The maximum absolute atomic E-state index is 9.09. The van der Waals surface area contributed by atoms with Crippen LogP contribution >= 0.6 is 0 Å². The normalized spacial score (nSPS) is 52.6. The maximum Gasteiger partial charge on any atom is 0.183 e. The summed E-state index contributed by atoms with van der Waals surface area (Å²) in [6.07, 6.45) is -5.99. The smallest absolute Gasteiger partial charge is 0.183 e. The molecule has 11 heavy (non-hydrogen) atoms. The molecule has 4 N–H and O–H groups in total. The first-order valence-corrected chi connectivity index (χ1v) is 3.41. The summed E-state index contributed by atoms with van der Waals surface area (Å²) < 4.78 is 4.68. The van der Waals surface area contributed by atoms with Gasteiger partial charge in [-0.15, -0.1) is 0 Å². The zero-order chi connectivity index (χ0) is 8.59. The van der Waals surface area contributed by atoms with E-state index in [0.29, 0.717) is 0 Å². The molecule has 5 atom stereocenters. The Bertz CT molecular complexity index is 125. The fourth-order valence-electron chi connectivity index (χ4n) is 1.03. The van der Waals surface area contributed by atoms with E-state index in [-0.39, 0.29) is 0 Å². The SMILES string of the molecule is C[C@@H]1O[C@@H](O)[C@@H](O)C(O)[C@@H]1O. The molecule has 0 aromatic carbocycles. The van der Waals surface area contributed by atoms with Gasteiger partial charge in [0.2, 0.25) is 0 Å². The quantitative estimate of drug-likeness (QED) is 0.326. The van der Waals surface area contributed by atoms with Gasteiger partial charge in [-0.2, -0.15) is 0 Å². The molecule has 1 rings (SSSR count). The van der Waals surface area contributed by atoms with E-state index in [1.165, 1.54) is 6.92 Å². The number of aliphatic hydroxyl groups is 4. The van der Waals surface area contributed by atoms with Gasteiger partial charge in [0.1, 0.15) is 18.3 Å². The Balaban J connectivity index is 2.63. The summed E-state index contributed by atoms with van der Waals surface area (Å²) in [5.74, 6) is 0. The van der Waals surface area contributed by atoms with Gasteiger partial charge in [0, 0.05) is 0 Å². The zero-order valence-electron chi connectivity index (χ0n) is 6.08. The molecule has 1 fully saturated rings. The average molecular weight is 164 g/mol. The van der Waals surface area contributed by atoms with Crippen molar-refractivity contribution in [2.45, 2.75) is 37.6 Å². The number of aliphatic hydroxyl groups excluding tert-OH is 4. The van der Waals surface area contributed by atoms with E-state index in [4.69, 9.17) is 20.4 Å². The van der Waals surface area contributed by atoms with Gasteiger partial charge >= 0.3 is 0 Å². The average Bonchev–Trinajstić information content (AvgIpc) is 1.97. The van der Waals surface area contributed by atoms with Crippen LogP contribution < -0.4 is 0 Å². The van der Waals surface area contributed by atoms with E-state index in [9.17, 15) is 0 Å². The molecule has 0 radical (unpaired) electrons. The van der Waals surface area contributed by atoms with Crippen molar-refractivity contribution in [3.63, 3.8) is 0 Å². The number of rotatable bonds is 0. The van der Waals surface area contributed by atoms with Crippen molar-refractivity contribution < 1.29 is 25.2 Å². The molecule has 0 spiro atoms. The number of ether oxygens (including phenoxy) is 1. The monoisotopic (exact) mass is 164 g/mol. The Labute approximate surface area is 63.8 Å². The van der Waals surface area contributed by atoms with Gasteiger partial charge in [0.15, 0.2) is 6.29 Å². The fraction of sp³-hybridized carbons (Fsp3) is 1.00. The minimum Gasteiger partial charge on any atom is -0.388 e. The highest BCUT2D eigenvalue weighted by Gasteiger charge is 2.40. The van der Waals surface area contributed by atoms with Gasteiger partial charge in [-0.25, -0.2) is 0 Å². The number of hydrogen-bond acceptors (Lipinski definition) is 5. The largest absolute Gasteiger partial charge is 0.388 e. The van der Waals surface area contributed by atoms with Gasteiger partial charge < -0.3 is 25.2 Å². The van der Waals surface area contributed by atoms with Crippen LogP contribution in [-0.2, 0) is 4.74 Å². The molecular formula is C6H12O5. The summed E-state index contributed by atoms with van der Waals surface area (Å²) >= 11 is 0. The summed E-state index contributed by atoms with van der Waals surface area (Å²) in [6.45, 7) is 1.50. The predicted octanol–water partition coefficient (Wildman–Crippen LogP) is -2.19. The molecule has 0 saturated carbocycles. The molecule has 1 aliphatic rings. The van der Waals surface area contributed by atoms with Crippen molar-refractivity contribution in [1.29, 1.82) is 0 Å². The second kappa shape index (κ2) is 3.04. The minimum atomic E-state index is -1.43. The topological polar surface area (TPSA) is 90.2 Å². The third-order valence-electron chi connectivity index (χ3n) is 1.83. The molecule has 0 aromatic heterocycles. The maximum atomic E-state index is 9.09. The lowest BCUT2D eigenvalue weighted by atomic mass is 10.0. The molecule has 0 bridgehead atoms. The second-order valence-electron chi connectivity index (χ2n) is 2.70. The molecule has 5 heteroatoms. The highest BCUT2D eigenvalue weighted by molar-refractivity contribution is 4.86. The van der Waals surface area contributed by atoms with Crippen LogP contribution in [0.4, 0.5) is 0 Å². The Morgan fingerprint density at radius 1 is 0.909 bits per heavy atom. The van der Waals surface area contributed by atoms with Crippen LogP contribution in [-0.4, -0.2) is 51.1 Å². The third-order valence-corrected chi connectivity index (χ3v) is 1.83. The summed E-state index contributed by atoms with van der Waals surface area (Å²) in [5.41, 5.74) is 0. The molecule has 0 amide bonds. The molecule has 0 aromatic rings. The van der Waals surface area contributed by atoms with Crippen molar-refractivity contribution in [2.24, 2.45) is 0 Å². The van der Waals surface area contributed by atoms with Gasteiger partial charge in [-0.3, -0.25) is 0 Å². The fourth-order valence-corrected chi connectivity index (χ4v) is 1.03. The molecule has 66 valence electrons. The van der Waals surface area contributed by atoms with Crippen molar-refractivity contribution >= 4 is 0 Å². The Hall–Kier alpha value is -0.200. The first-order chi connectivity index (χ1) is 5.04. The van der Waals surface area contributed by atoms with Gasteiger partial charge in [0.25, 0.3) is 0 Å². The lowest BCUT2D eigenvalue weighted by Gasteiger charge is -2.36. The molecule has 1 saturated heterocycles. The van der Waals surface area contributed by atoms with Crippen LogP contribution in [0.1, 0.15) is 6.92 Å². The van der Waals surface area contributed by atoms with Crippen LogP contribution in [0, 0.1) is 0 Å². The van der Waals surface area contributed by atoms with E-state index in [1.807, 2.05) is 0 Å². The van der Waals surface area contributed by atoms with Crippen LogP contribution in [0.15, 0.2) is 0 Å². The Morgan fingerprint density at radius 2 is 1.45 bits per heavy atom. The van der Waals surface area contributed by atoms with Crippen molar-refractivity contribution in [1.82, 2.24) is 0 Å². The molecule has 1 aliphatic heterocycles. The van der Waals surface area contributed by atoms with E-state index in [2.05, 4.69) is 4.74 Å². The summed E-state index contributed by atoms with van der Waals surface area (Å²) in [7, 11) is 0. The van der Waals surface area contributed by atoms with E-state index in [1.54, 1.807) is 0 Å². The van der Waals surface area contributed by atoms with Crippen LogP contribution in [0.3, 0.4) is 0 Å². The van der Waals surface area contributed by atoms with E-state index in [0.717, 1.165) is 0 Å². The van der Waals surface area contributed by atoms with Gasteiger partial charge in [0.05, 0.1) is 6.10 Å². The van der Waals surface area contributed by atoms with E-state index < -0.39 is 30.7 Å². The molecule has 0 aliphatic carbocycles. The highest BCUT2D eigenvalue weighted by Crippen LogP contribution is 2.18. The van der Waals surface area contributed by atoms with Crippen LogP contribution in [0.25, 0.3) is 0 Å². The number of hydrogen-bond donors (Lipinski definition) is 4. The summed E-state index contributed by atoms with van der Waals surface area (Å²) in [4.78, 5) is 0. The summed E-state index contributed by atoms with van der Waals surface area (Å²) in [6, 6.07) is 0. The lowest BCUT2D eigenvalue weighted by Crippen LogP contribution is -2.56. The summed E-state index contributed by atoms with van der Waals surface area (Å²) in [5, 5.41) is 36.0. The Kier molecular flexibility index (Phi) is 2.46. The minimum absolute atomic E-state index is 0.664. The molecule has 5 nitrogen and oxygen atoms in total. The van der Waals surface area contributed by atoms with Crippen LogP contribution in [0.2, 0.25) is 0 Å². The Morgan fingerprint density at radius 3 is 2.00 bits per heavy atom. The van der Waals surface area contributed by atoms with E-state index >= 15 is 0 Å². The highest BCUT2D eigenvalue weighted by atomic mass is 16.6. The zero-order valence-corrected chi connectivity index (χ0v) is 6.08. The second-order valence-corrected chi connectivity index (χ2v) is 2.70. The predicted molar refractivity (Wildman–Crippen MR) is 34.6 cm³/mol. The van der Waals surface area contributed by atoms with Crippen molar-refractivity contribution in [3.05, 3.63) is 0 Å². The molecule has 1 unspecified atom stereocenters. The third kappa shape index (κ3) is 1.52. The van der Waals surface area contributed by atoms with Crippen molar-refractivity contribution in [3.8, 4) is 0 Å². The lowest BCUT2D eigenvalue weighted by molar-refractivity contribution is -0.277.